The lowest BCUT2D eigenvalue weighted by Gasteiger charge is -2.15. The highest BCUT2D eigenvalue weighted by atomic mass is 16.5. The van der Waals surface area contributed by atoms with Crippen LogP contribution in [0.2, 0.25) is 0 Å². The van der Waals surface area contributed by atoms with Gasteiger partial charge in [0.1, 0.15) is 5.75 Å². The second kappa shape index (κ2) is 5.69. The van der Waals surface area contributed by atoms with Crippen LogP contribution >= 0.6 is 0 Å². The first-order chi connectivity index (χ1) is 9.20. The normalized spacial score (nSPS) is 11.4. The first-order valence-corrected chi connectivity index (χ1v) is 5.64. The van der Waals surface area contributed by atoms with Crippen molar-refractivity contribution in [1.82, 2.24) is 14.9 Å². The first-order valence-electron chi connectivity index (χ1n) is 5.64. The number of rotatable bonds is 4. The molecule has 1 aromatic heterocycles. The summed E-state index contributed by atoms with van der Waals surface area (Å²) >= 11 is 0. The lowest BCUT2D eigenvalue weighted by atomic mass is 10.2. The van der Waals surface area contributed by atoms with E-state index < -0.39 is 5.91 Å². The highest BCUT2D eigenvalue weighted by molar-refractivity contribution is 5.95. The minimum Gasteiger partial charge on any atom is -0.470 e. The second-order valence-corrected chi connectivity index (χ2v) is 3.82. The SMILES string of the molecule is CC(Oc1ccc(C(=O)NC#N)cc1)n1ccnc1. The molecule has 0 radical (unpaired) electrons. The molecule has 0 fully saturated rings. The van der Waals surface area contributed by atoms with Crippen molar-refractivity contribution in [3.05, 3.63) is 48.5 Å². The quantitative estimate of drug-likeness (QED) is 0.666. The first kappa shape index (κ1) is 12.6. The van der Waals surface area contributed by atoms with Crippen molar-refractivity contribution in [2.75, 3.05) is 0 Å². The maximum absolute atomic E-state index is 11.4. The molecule has 2 aromatic rings. The minimum atomic E-state index is -0.434. The van der Waals surface area contributed by atoms with Crippen LogP contribution in [-0.2, 0) is 0 Å². The number of imidazole rings is 1. The van der Waals surface area contributed by atoms with Crippen LogP contribution in [0.5, 0.6) is 5.75 Å². The summed E-state index contributed by atoms with van der Waals surface area (Å²) in [5.41, 5.74) is 0.407. The molecule has 1 unspecified atom stereocenters. The van der Waals surface area contributed by atoms with Gasteiger partial charge >= 0.3 is 0 Å². The molecule has 96 valence electrons. The standard InChI is InChI=1S/C13H12N4O2/c1-10(17-7-6-15-9-17)19-12-4-2-11(3-5-12)13(18)16-8-14/h2-7,9-10H,1H3,(H,16,18). The molecule has 1 N–H and O–H groups in total. The average molecular weight is 256 g/mol. The van der Waals surface area contributed by atoms with E-state index in [1.807, 2.05) is 11.5 Å². The van der Waals surface area contributed by atoms with Crippen molar-refractivity contribution in [2.24, 2.45) is 0 Å². The third-order valence-electron chi connectivity index (χ3n) is 2.54. The number of carbonyl (C=O) groups excluding carboxylic acids is 1. The summed E-state index contributed by atoms with van der Waals surface area (Å²) in [6.07, 6.45) is 6.54. The highest BCUT2D eigenvalue weighted by Crippen LogP contribution is 2.17. The Hall–Kier alpha value is -2.81. The Kier molecular flexibility index (Phi) is 3.78. The number of nitriles is 1. The monoisotopic (exact) mass is 256 g/mol. The van der Waals surface area contributed by atoms with Gasteiger partial charge in [-0.3, -0.25) is 10.1 Å². The van der Waals surface area contributed by atoms with E-state index >= 15 is 0 Å². The third-order valence-corrected chi connectivity index (χ3v) is 2.54. The zero-order valence-corrected chi connectivity index (χ0v) is 10.3. The lowest BCUT2D eigenvalue weighted by Crippen LogP contribution is -2.17. The molecule has 1 atom stereocenters. The summed E-state index contributed by atoms with van der Waals surface area (Å²) in [7, 11) is 0. The Morgan fingerprint density at radius 1 is 1.47 bits per heavy atom. The van der Waals surface area contributed by atoms with Gasteiger partial charge in [-0.1, -0.05) is 0 Å². The van der Waals surface area contributed by atoms with Gasteiger partial charge in [-0.25, -0.2) is 4.98 Å². The lowest BCUT2D eigenvalue weighted by molar-refractivity contribution is 0.0972. The van der Waals surface area contributed by atoms with E-state index in [-0.39, 0.29) is 6.23 Å². The van der Waals surface area contributed by atoms with E-state index in [1.165, 1.54) is 0 Å². The van der Waals surface area contributed by atoms with E-state index in [9.17, 15) is 4.79 Å². The Morgan fingerprint density at radius 3 is 2.79 bits per heavy atom. The molecule has 0 bridgehead atoms. The molecule has 1 amide bonds. The van der Waals surface area contributed by atoms with Crippen LogP contribution in [0.25, 0.3) is 0 Å². The summed E-state index contributed by atoms with van der Waals surface area (Å²) in [5, 5.41) is 10.4. The van der Waals surface area contributed by atoms with Crippen molar-refractivity contribution >= 4 is 5.91 Å². The summed E-state index contributed by atoms with van der Waals surface area (Å²) in [6.45, 7) is 1.89. The zero-order valence-electron chi connectivity index (χ0n) is 10.3. The van der Waals surface area contributed by atoms with Gasteiger partial charge in [0, 0.05) is 18.0 Å². The fourth-order valence-electron chi connectivity index (χ4n) is 1.55. The highest BCUT2D eigenvalue weighted by Gasteiger charge is 2.07. The van der Waals surface area contributed by atoms with Crippen molar-refractivity contribution in [3.63, 3.8) is 0 Å². The molecular weight excluding hydrogens is 244 g/mol. The number of aromatic nitrogens is 2. The van der Waals surface area contributed by atoms with Crippen molar-refractivity contribution in [3.8, 4) is 11.9 Å². The van der Waals surface area contributed by atoms with Crippen LogP contribution in [0.4, 0.5) is 0 Å². The molecule has 1 aromatic carbocycles. The Morgan fingerprint density at radius 2 is 2.21 bits per heavy atom. The molecule has 6 nitrogen and oxygen atoms in total. The largest absolute Gasteiger partial charge is 0.470 e. The van der Waals surface area contributed by atoms with Crippen LogP contribution in [0.1, 0.15) is 23.5 Å². The van der Waals surface area contributed by atoms with E-state index in [4.69, 9.17) is 10.00 Å². The molecule has 6 heteroatoms. The van der Waals surface area contributed by atoms with Gasteiger partial charge in [0.05, 0.1) is 6.33 Å². The topological polar surface area (TPSA) is 79.9 Å². The van der Waals surface area contributed by atoms with Gasteiger partial charge in [-0.2, -0.15) is 5.26 Å². The Bertz CT molecular complexity index is 584. The Balaban J connectivity index is 2.03. The van der Waals surface area contributed by atoms with Gasteiger partial charge in [0.15, 0.2) is 12.4 Å². The predicted octanol–water partition coefficient (Wildman–Crippen LogP) is 1.69. The molecule has 0 spiro atoms. The molecule has 1 heterocycles. The van der Waals surface area contributed by atoms with Crippen molar-refractivity contribution in [2.45, 2.75) is 13.2 Å². The second-order valence-electron chi connectivity index (χ2n) is 3.82. The smallest absolute Gasteiger partial charge is 0.264 e. The maximum Gasteiger partial charge on any atom is 0.264 e. The van der Waals surface area contributed by atoms with Crippen molar-refractivity contribution < 1.29 is 9.53 Å². The average Bonchev–Trinajstić information content (AvgIpc) is 2.94. The third kappa shape index (κ3) is 3.10. The van der Waals surface area contributed by atoms with Crippen LogP contribution < -0.4 is 10.1 Å². The van der Waals surface area contributed by atoms with Gasteiger partial charge in [0.25, 0.3) is 5.91 Å². The number of carbonyl (C=O) groups is 1. The van der Waals surface area contributed by atoms with E-state index in [0.29, 0.717) is 11.3 Å². The number of nitrogens with one attached hydrogen (secondary N) is 1. The molecule has 19 heavy (non-hydrogen) atoms. The van der Waals surface area contributed by atoms with Gasteiger partial charge in [-0.05, 0) is 31.2 Å². The fourth-order valence-corrected chi connectivity index (χ4v) is 1.55. The van der Waals surface area contributed by atoms with Crippen molar-refractivity contribution in [1.29, 1.82) is 5.26 Å². The fraction of sp³-hybridized carbons (Fsp3) is 0.154. The van der Waals surface area contributed by atoms with Gasteiger partial charge in [0.2, 0.25) is 0 Å². The number of hydrogen-bond acceptors (Lipinski definition) is 4. The molecule has 0 saturated carbocycles. The summed E-state index contributed by atoms with van der Waals surface area (Å²) in [4.78, 5) is 15.3. The van der Waals surface area contributed by atoms with Gasteiger partial charge < -0.3 is 9.30 Å². The van der Waals surface area contributed by atoms with Gasteiger partial charge in [-0.15, -0.1) is 0 Å². The van der Waals surface area contributed by atoms with Crippen LogP contribution in [-0.4, -0.2) is 15.5 Å². The molecule has 0 aliphatic rings. The maximum atomic E-state index is 11.4. The number of amides is 1. The predicted molar refractivity (Wildman–Crippen MR) is 67.1 cm³/mol. The molecule has 0 aliphatic heterocycles. The number of nitrogens with zero attached hydrogens (tertiary/aromatic N) is 3. The number of ether oxygens (including phenoxy) is 1. The van der Waals surface area contributed by atoms with Crippen LogP contribution in [0, 0.1) is 11.5 Å². The molecule has 2 rings (SSSR count). The van der Waals surface area contributed by atoms with Crippen LogP contribution in [0.15, 0.2) is 43.0 Å². The molecular formula is C13H12N4O2. The summed E-state index contributed by atoms with van der Waals surface area (Å²) < 4.78 is 7.50. The number of hydrogen-bond donors (Lipinski definition) is 1. The molecule has 0 saturated heterocycles. The minimum absolute atomic E-state index is 0.193. The van der Waals surface area contributed by atoms with Crippen LogP contribution in [0.3, 0.4) is 0 Å². The van der Waals surface area contributed by atoms with E-state index in [2.05, 4.69) is 10.3 Å². The Labute approximate surface area is 110 Å². The van der Waals surface area contributed by atoms with E-state index in [1.54, 1.807) is 49.2 Å². The molecule has 0 aliphatic carbocycles. The zero-order chi connectivity index (χ0) is 13.7. The summed E-state index contributed by atoms with van der Waals surface area (Å²) in [5.74, 6) is 0.200. The van der Waals surface area contributed by atoms with E-state index in [0.717, 1.165) is 0 Å². The summed E-state index contributed by atoms with van der Waals surface area (Å²) in [6, 6.07) is 6.56. The number of benzene rings is 1.